The highest BCUT2D eigenvalue weighted by Gasteiger charge is 2.10. The monoisotopic (exact) mass is 273 g/mol. The molecule has 0 atom stereocenters. The number of nitrogen functional groups attached to an aromatic ring is 1. The average molecular weight is 273 g/mol. The van der Waals surface area contributed by atoms with Crippen LogP contribution in [0.15, 0.2) is 36.4 Å². The van der Waals surface area contributed by atoms with E-state index in [0.717, 1.165) is 5.56 Å². The van der Waals surface area contributed by atoms with Crippen LogP contribution in [0.3, 0.4) is 0 Å². The number of hydrazine groups is 1. The van der Waals surface area contributed by atoms with E-state index in [9.17, 15) is 10.1 Å². The van der Waals surface area contributed by atoms with Crippen molar-refractivity contribution in [1.29, 1.82) is 0 Å². The van der Waals surface area contributed by atoms with Gasteiger partial charge in [-0.2, -0.15) is 0 Å². The summed E-state index contributed by atoms with van der Waals surface area (Å²) in [4.78, 5) is 14.4. The van der Waals surface area contributed by atoms with Gasteiger partial charge in [0.2, 0.25) is 0 Å². The summed E-state index contributed by atoms with van der Waals surface area (Å²) in [5.41, 5.74) is 4.48. The molecule has 0 saturated carbocycles. The molecule has 7 heteroatoms. The van der Waals surface area contributed by atoms with E-state index in [4.69, 9.17) is 5.84 Å². The highest BCUT2D eigenvalue weighted by Crippen LogP contribution is 2.20. The summed E-state index contributed by atoms with van der Waals surface area (Å²) >= 11 is 0. The fourth-order valence-corrected chi connectivity index (χ4v) is 1.68. The number of hydrogen-bond acceptors (Lipinski definition) is 6. The first-order chi connectivity index (χ1) is 9.58. The van der Waals surface area contributed by atoms with Gasteiger partial charge in [-0.1, -0.05) is 29.8 Å². The molecule has 0 aliphatic heterocycles. The van der Waals surface area contributed by atoms with Gasteiger partial charge in [-0.25, -0.2) is 10.8 Å². The van der Waals surface area contributed by atoms with Crippen molar-refractivity contribution in [3.8, 4) is 0 Å². The Labute approximate surface area is 116 Å². The van der Waals surface area contributed by atoms with Crippen LogP contribution in [-0.2, 0) is 6.54 Å². The van der Waals surface area contributed by atoms with E-state index < -0.39 is 4.92 Å². The number of rotatable bonds is 5. The summed E-state index contributed by atoms with van der Waals surface area (Å²) < 4.78 is 0. The van der Waals surface area contributed by atoms with E-state index in [1.165, 1.54) is 17.7 Å². The Bertz CT molecular complexity index is 613. The third-order valence-corrected chi connectivity index (χ3v) is 2.76. The fourth-order valence-electron chi connectivity index (χ4n) is 1.68. The Kier molecular flexibility index (Phi) is 4.11. The number of pyridine rings is 1. The van der Waals surface area contributed by atoms with Crippen molar-refractivity contribution in [1.82, 2.24) is 4.98 Å². The van der Waals surface area contributed by atoms with Crippen LogP contribution in [0.25, 0.3) is 0 Å². The zero-order chi connectivity index (χ0) is 14.5. The molecule has 2 rings (SSSR count). The Morgan fingerprint density at radius 2 is 1.90 bits per heavy atom. The van der Waals surface area contributed by atoms with Crippen molar-refractivity contribution < 1.29 is 4.92 Å². The van der Waals surface area contributed by atoms with Gasteiger partial charge in [-0.3, -0.25) is 10.1 Å². The summed E-state index contributed by atoms with van der Waals surface area (Å²) in [6.45, 7) is 2.54. The van der Waals surface area contributed by atoms with Crippen molar-refractivity contribution in [2.45, 2.75) is 13.5 Å². The molecule has 0 bridgehead atoms. The molecule has 0 unspecified atom stereocenters. The molecule has 7 nitrogen and oxygen atoms in total. The van der Waals surface area contributed by atoms with Crippen molar-refractivity contribution in [2.24, 2.45) is 5.84 Å². The van der Waals surface area contributed by atoms with Crippen LogP contribution < -0.4 is 16.6 Å². The molecule has 0 aliphatic carbocycles. The standard InChI is InChI=1S/C13H15N5O2/c1-9-2-4-10(5-3-9)8-15-12-6-11(18(19)20)7-13(16-12)17-14/h2-7H,8,14H2,1H3,(H2,15,16,17). The van der Waals surface area contributed by atoms with Crippen LogP contribution >= 0.6 is 0 Å². The molecular formula is C13H15N5O2. The zero-order valence-electron chi connectivity index (χ0n) is 11.0. The maximum atomic E-state index is 10.8. The first-order valence-corrected chi connectivity index (χ1v) is 6.01. The highest BCUT2D eigenvalue weighted by molar-refractivity contribution is 5.54. The van der Waals surface area contributed by atoms with E-state index in [1.54, 1.807) is 0 Å². The highest BCUT2D eigenvalue weighted by atomic mass is 16.6. The van der Waals surface area contributed by atoms with Gasteiger partial charge in [-0.05, 0) is 12.5 Å². The summed E-state index contributed by atoms with van der Waals surface area (Å²) in [7, 11) is 0. The van der Waals surface area contributed by atoms with E-state index >= 15 is 0 Å². The first-order valence-electron chi connectivity index (χ1n) is 6.01. The molecule has 0 aliphatic rings. The van der Waals surface area contributed by atoms with E-state index in [2.05, 4.69) is 15.7 Å². The van der Waals surface area contributed by atoms with Gasteiger partial charge >= 0.3 is 0 Å². The van der Waals surface area contributed by atoms with Crippen LogP contribution in [0.1, 0.15) is 11.1 Å². The van der Waals surface area contributed by atoms with Crippen molar-refractivity contribution in [2.75, 3.05) is 10.7 Å². The molecule has 1 heterocycles. The van der Waals surface area contributed by atoms with Crippen molar-refractivity contribution in [3.05, 3.63) is 57.6 Å². The topological polar surface area (TPSA) is 106 Å². The number of anilines is 2. The number of hydrogen-bond donors (Lipinski definition) is 3. The number of aromatic nitrogens is 1. The minimum Gasteiger partial charge on any atom is -0.366 e. The van der Waals surface area contributed by atoms with Gasteiger partial charge in [0.15, 0.2) is 0 Å². The predicted octanol–water partition coefficient (Wildman–Crippen LogP) is 2.20. The Morgan fingerprint density at radius 1 is 1.25 bits per heavy atom. The third-order valence-electron chi connectivity index (χ3n) is 2.76. The zero-order valence-corrected chi connectivity index (χ0v) is 11.0. The molecule has 1 aromatic heterocycles. The van der Waals surface area contributed by atoms with Crippen LogP contribution in [-0.4, -0.2) is 9.91 Å². The fraction of sp³-hybridized carbons (Fsp3) is 0.154. The SMILES string of the molecule is Cc1ccc(CNc2cc([N+](=O)[O-])cc(NN)n2)cc1. The van der Waals surface area contributed by atoms with Gasteiger partial charge in [0, 0.05) is 6.54 Å². The molecule has 2 aromatic rings. The molecule has 1 aromatic carbocycles. The Morgan fingerprint density at radius 3 is 2.50 bits per heavy atom. The normalized spacial score (nSPS) is 10.1. The maximum Gasteiger partial charge on any atom is 0.276 e. The van der Waals surface area contributed by atoms with Gasteiger partial charge in [0.25, 0.3) is 5.69 Å². The molecule has 0 saturated heterocycles. The Balaban J connectivity index is 2.14. The second-order valence-electron chi connectivity index (χ2n) is 4.34. The number of aryl methyl sites for hydroxylation is 1. The quantitative estimate of drug-likeness (QED) is 0.438. The Hall–Kier alpha value is -2.67. The third kappa shape index (κ3) is 3.42. The molecule has 0 fully saturated rings. The smallest absolute Gasteiger partial charge is 0.276 e. The number of benzene rings is 1. The minimum absolute atomic E-state index is 0.0700. The number of nitrogens with two attached hydrogens (primary N) is 1. The molecule has 0 spiro atoms. The summed E-state index contributed by atoms with van der Waals surface area (Å²) in [5, 5.41) is 13.9. The van der Waals surface area contributed by atoms with E-state index in [1.807, 2.05) is 31.2 Å². The lowest BCUT2D eigenvalue weighted by atomic mass is 10.1. The molecule has 20 heavy (non-hydrogen) atoms. The molecule has 104 valence electrons. The first kappa shape index (κ1) is 13.8. The number of nitrogens with one attached hydrogen (secondary N) is 2. The molecule has 0 amide bonds. The van der Waals surface area contributed by atoms with Crippen LogP contribution in [0.4, 0.5) is 17.3 Å². The van der Waals surface area contributed by atoms with Gasteiger partial charge in [0.1, 0.15) is 11.6 Å². The largest absolute Gasteiger partial charge is 0.366 e. The number of nitrogens with zero attached hydrogens (tertiary/aromatic N) is 2. The minimum atomic E-state index is -0.487. The van der Waals surface area contributed by atoms with Gasteiger partial charge in [-0.15, -0.1) is 0 Å². The van der Waals surface area contributed by atoms with Crippen LogP contribution in [0.5, 0.6) is 0 Å². The maximum absolute atomic E-state index is 10.8. The lowest BCUT2D eigenvalue weighted by Gasteiger charge is -2.08. The van der Waals surface area contributed by atoms with Crippen LogP contribution in [0, 0.1) is 17.0 Å². The number of nitro groups is 1. The van der Waals surface area contributed by atoms with Gasteiger partial charge in [0.05, 0.1) is 17.1 Å². The lowest BCUT2D eigenvalue weighted by molar-refractivity contribution is -0.384. The van der Waals surface area contributed by atoms with Crippen molar-refractivity contribution in [3.63, 3.8) is 0 Å². The average Bonchev–Trinajstić information content (AvgIpc) is 2.46. The molecule has 4 N–H and O–H groups in total. The molecular weight excluding hydrogens is 258 g/mol. The van der Waals surface area contributed by atoms with Crippen molar-refractivity contribution >= 4 is 17.3 Å². The predicted molar refractivity (Wildman–Crippen MR) is 77.2 cm³/mol. The van der Waals surface area contributed by atoms with E-state index in [-0.39, 0.29) is 11.5 Å². The summed E-state index contributed by atoms with van der Waals surface area (Å²) in [6.07, 6.45) is 0. The van der Waals surface area contributed by atoms with E-state index in [0.29, 0.717) is 12.4 Å². The summed E-state index contributed by atoms with van der Waals surface area (Å²) in [5.74, 6) is 5.89. The second-order valence-corrected chi connectivity index (χ2v) is 4.34. The summed E-state index contributed by atoms with van der Waals surface area (Å²) in [6, 6.07) is 10.6. The molecule has 0 radical (unpaired) electrons. The lowest BCUT2D eigenvalue weighted by Crippen LogP contribution is -2.10. The second kappa shape index (κ2) is 5.98. The van der Waals surface area contributed by atoms with Gasteiger partial charge < -0.3 is 10.7 Å². The van der Waals surface area contributed by atoms with Crippen LogP contribution in [0.2, 0.25) is 0 Å².